The lowest BCUT2D eigenvalue weighted by Gasteiger charge is -2.22. The van der Waals surface area contributed by atoms with Crippen LogP contribution in [0, 0.1) is 0 Å². The van der Waals surface area contributed by atoms with Crippen molar-refractivity contribution in [3.63, 3.8) is 0 Å². The Kier molecular flexibility index (Phi) is 3.85. The minimum atomic E-state index is 0.703. The molecule has 1 aromatic carbocycles. The van der Waals surface area contributed by atoms with Crippen LogP contribution in [0.25, 0.3) is 11.0 Å². The fourth-order valence-electron chi connectivity index (χ4n) is 3.03. The van der Waals surface area contributed by atoms with E-state index in [-0.39, 0.29) is 0 Å². The molecule has 0 bridgehead atoms. The zero-order valence-corrected chi connectivity index (χ0v) is 11.6. The van der Waals surface area contributed by atoms with Crippen LogP contribution < -0.4 is 5.32 Å². The van der Waals surface area contributed by atoms with Crippen molar-refractivity contribution >= 4 is 11.0 Å². The van der Waals surface area contributed by atoms with E-state index in [0.717, 1.165) is 31.0 Å². The first-order chi connectivity index (χ1) is 9.36. The van der Waals surface area contributed by atoms with Crippen molar-refractivity contribution < 1.29 is 4.42 Å². The molecule has 1 unspecified atom stereocenters. The van der Waals surface area contributed by atoms with Crippen LogP contribution in [0.3, 0.4) is 0 Å². The van der Waals surface area contributed by atoms with E-state index in [2.05, 4.69) is 29.3 Å². The second-order valence-electron chi connectivity index (χ2n) is 5.31. The summed E-state index contributed by atoms with van der Waals surface area (Å²) in [6.45, 7) is 6.55. The third kappa shape index (κ3) is 2.82. The van der Waals surface area contributed by atoms with Gasteiger partial charge in [0, 0.05) is 18.0 Å². The quantitative estimate of drug-likeness (QED) is 0.893. The van der Waals surface area contributed by atoms with Crippen LogP contribution in [0.1, 0.15) is 25.5 Å². The summed E-state index contributed by atoms with van der Waals surface area (Å²) in [4.78, 5) is 2.56. The van der Waals surface area contributed by atoms with E-state index < -0.39 is 0 Å². The van der Waals surface area contributed by atoms with Gasteiger partial charge in [-0.2, -0.15) is 0 Å². The molecule has 1 aromatic heterocycles. The summed E-state index contributed by atoms with van der Waals surface area (Å²) in [6, 6.07) is 11.0. The third-order valence-electron chi connectivity index (χ3n) is 4.06. The second-order valence-corrected chi connectivity index (χ2v) is 5.31. The number of likely N-dealkylation sites (tertiary alicyclic amines) is 1. The third-order valence-corrected chi connectivity index (χ3v) is 4.06. The van der Waals surface area contributed by atoms with Gasteiger partial charge in [0.05, 0.1) is 6.54 Å². The molecule has 0 spiro atoms. The topological polar surface area (TPSA) is 28.4 Å². The number of rotatable bonds is 5. The molecular weight excluding hydrogens is 236 g/mol. The maximum atomic E-state index is 5.81. The molecule has 19 heavy (non-hydrogen) atoms. The molecule has 1 N–H and O–H groups in total. The van der Waals surface area contributed by atoms with Crippen LogP contribution in [0.4, 0.5) is 0 Å². The van der Waals surface area contributed by atoms with Gasteiger partial charge in [0.15, 0.2) is 0 Å². The number of para-hydroxylation sites is 1. The van der Waals surface area contributed by atoms with Gasteiger partial charge in [0.25, 0.3) is 0 Å². The van der Waals surface area contributed by atoms with Gasteiger partial charge in [-0.1, -0.05) is 25.1 Å². The first-order valence-corrected chi connectivity index (χ1v) is 7.29. The number of nitrogens with one attached hydrogen (secondary N) is 1. The molecule has 0 amide bonds. The number of likely N-dealkylation sites (N-methyl/N-ethyl adjacent to an activating group) is 1. The van der Waals surface area contributed by atoms with Gasteiger partial charge in [-0.05, 0) is 38.1 Å². The zero-order valence-electron chi connectivity index (χ0n) is 11.6. The molecule has 0 radical (unpaired) electrons. The van der Waals surface area contributed by atoms with Gasteiger partial charge in [-0.15, -0.1) is 0 Å². The molecular formula is C16H22N2O. The Balaban J connectivity index is 1.54. The highest BCUT2D eigenvalue weighted by atomic mass is 16.3. The van der Waals surface area contributed by atoms with Crippen molar-refractivity contribution in [1.29, 1.82) is 0 Å². The Bertz CT molecular complexity index is 501. The maximum absolute atomic E-state index is 5.81. The lowest BCUT2D eigenvalue weighted by atomic mass is 10.2. The summed E-state index contributed by atoms with van der Waals surface area (Å²) in [7, 11) is 0. The highest BCUT2D eigenvalue weighted by Crippen LogP contribution is 2.19. The summed E-state index contributed by atoms with van der Waals surface area (Å²) < 4.78 is 5.81. The number of nitrogens with zero attached hydrogens (tertiary/aromatic N) is 1. The SMILES string of the molecule is CCN1CCCC1CNCc1cc2ccccc2o1. The smallest absolute Gasteiger partial charge is 0.134 e. The van der Waals surface area contributed by atoms with Crippen LogP contribution in [0.15, 0.2) is 34.7 Å². The van der Waals surface area contributed by atoms with Crippen LogP contribution in [0.5, 0.6) is 0 Å². The minimum Gasteiger partial charge on any atom is -0.460 e. The van der Waals surface area contributed by atoms with Gasteiger partial charge in [-0.3, -0.25) is 4.90 Å². The maximum Gasteiger partial charge on any atom is 0.134 e. The van der Waals surface area contributed by atoms with Crippen molar-refractivity contribution in [2.24, 2.45) is 0 Å². The highest BCUT2D eigenvalue weighted by Gasteiger charge is 2.22. The summed E-state index contributed by atoms with van der Waals surface area (Å²) in [5.74, 6) is 1.03. The van der Waals surface area contributed by atoms with E-state index in [4.69, 9.17) is 4.42 Å². The second kappa shape index (κ2) is 5.76. The van der Waals surface area contributed by atoms with Gasteiger partial charge in [-0.25, -0.2) is 0 Å². The Morgan fingerprint density at radius 1 is 1.37 bits per heavy atom. The molecule has 3 rings (SSSR count). The molecule has 0 aliphatic carbocycles. The van der Waals surface area contributed by atoms with Gasteiger partial charge in [0.2, 0.25) is 0 Å². The van der Waals surface area contributed by atoms with Crippen LogP contribution in [0.2, 0.25) is 0 Å². The standard InChI is InChI=1S/C16H22N2O/c1-2-18-9-5-7-14(18)11-17-12-15-10-13-6-3-4-8-16(13)19-15/h3-4,6,8,10,14,17H,2,5,7,9,11-12H2,1H3. The zero-order chi connectivity index (χ0) is 13.1. The largest absolute Gasteiger partial charge is 0.460 e. The van der Waals surface area contributed by atoms with Gasteiger partial charge >= 0.3 is 0 Å². The van der Waals surface area contributed by atoms with E-state index >= 15 is 0 Å². The van der Waals surface area contributed by atoms with E-state index in [0.29, 0.717) is 6.04 Å². The highest BCUT2D eigenvalue weighted by molar-refractivity contribution is 5.77. The number of furan rings is 1. The predicted octanol–water partition coefficient (Wildman–Crippen LogP) is 3.01. The van der Waals surface area contributed by atoms with Crippen molar-refractivity contribution in [1.82, 2.24) is 10.2 Å². The minimum absolute atomic E-state index is 0.703. The van der Waals surface area contributed by atoms with Crippen LogP contribution >= 0.6 is 0 Å². The fraction of sp³-hybridized carbons (Fsp3) is 0.500. The molecule has 2 heterocycles. The van der Waals surface area contributed by atoms with E-state index in [1.54, 1.807) is 0 Å². The van der Waals surface area contributed by atoms with E-state index in [1.807, 2.05) is 18.2 Å². The van der Waals surface area contributed by atoms with Crippen molar-refractivity contribution in [2.75, 3.05) is 19.6 Å². The van der Waals surface area contributed by atoms with Gasteiger partial charge in [0.1, 0.15) is 11.3 Å². The number of fused-ring (bicyclic) bond motifs is 1. The van der Waals surface area contributed by atoms with Crippen LogP contribution in [-0.2, 0) is 6.54 Å². The normalized spacial score (nSPS) is 20.4. The molecule has 1 saturated heterocycles. The first kappa shape index (κ1) is 12.7. The molecule has 102 valence electrons. The molecule has 1 fully saturated rings. The Hall–Kier alpha value is -1.32. The molecule has 1 aliphatic rings. The number of hydrogen-bond acceptors (Lipinski definition) is 3. The lowest BCUT2D eigenvalue weighted by molar-refractivity contribution is 0.258. The van der Waals surface area contributed by atoms with Gasteiger partial charge < -0.3 is 9.73 Å². The number of hydrogen-bond donors (Lipinski definition) is 1. The van der Waals surface area contributed by atoms with Crippen LogP contribution in [-0.4, -0.2) is 30.6 Å². The fourth-order valence-corrected chi connectivity index (χ4v) is 3.03. The summed E-state index contributed by atoms with van der Waals surface area (Å²) in [6.07, 6.45) is 2.66. The van der Waals surface area contributed by atoms with E-state index in [1.165, 1.54) is 24.8 Å². The van der Waals surface area contributed by atoms with Crippen molar-refractivity contribution in [3.05, 3.63) is 36.1 Å². The first-order valence-electron chi connectivity index (χ1n) is 7.29. The molecule has 0 saturated carbocycles. The monoisotopic (exact) mass is 258 g/mol. The molecule has 2 aromatic rings. The molecule has 3 heteroatoms. The Morgan fingerprint density at radius 2 is 2.26 bits per heavy atom. The number of benzene rings is 1. The summed E-state index contributed by atoms with van der Waals surface area (Å²) in [5.41, 5.74) is 0.982. The Morgan fingerprint density at radius 3 is 3.11 bits per heavy atom. The molecule has 1 atom stereocenters. The predicted molar refractivity (Wildman–Crippen MR) is 78.2 cm³/mol. The lowest BCUT2D eigenvalue weighted by Crippen LogP contribution is -2.37. The summed E-state index contributed by atoms with van der Waals surface area (Å²) in [5, 5.41) is 4.72. The molecule has 1 aliphatic heterocycles. The average Bonchev–Trinajstić information content (AvgIpc) is 3.04. The average molecular weight is 258 g/mol. The van der Waals surface area contributed by atoms with Crippen molar-refractivity contribution in [3.8, 4) is 0 Å². The summed E-state index contributed by atoms with van der Waals surface area (Å²) >= 11 is 0. The molecule has 3 nitrogen and oxygen atoms in total. The van der Waals surface area contributed by atoms with Crippen molar-refractivity contribution in [2.45, 2.75) is 32.4 Å². The van der Waals surface area contributed by atoms with E-state index in [9.17, 15) is 0 Å². The Labute approximate surface area is 114 Å².